The van der Waals surface area contributed by atoms with E-state index in [1.54, 1.807) is 14.2 Å². The van der Waals surface area contributed by atoms with Gasteiger partial charge in [-0.2, -0.15) is 0 Å². The Morgan fingerprint density at radius 1 is 0.792 bits per heavy atom. The number of nitrogens with zero attached hydrogens (tertiary/aromatic N) is 2. The van der Waals surface area contributed by atoms with E-state index in [0.29, 0.717) is 17.7 Å². The van der Waals surface area contributed by atoms with Gasteiger partial charge in [0.1, 0.15) is 17.2 Å². The molecule has 1 heterocycles. The fourth-order valence-electron chi connectivity index (χ4n) is 2.37. The first-order valence-electron chi connectivity index (χ1n) is 7.36. The Balaban J connectivity index is 2.12. The van der Waals surface area contributed by atoms with Gasteiger partial charge in [-0.15, -0.1) is 0 Å². The highest BCUT2D eigenvalue weighted by molar-refractivity contribution is 5.81. The first-order chi connectivity index (χ1) is 11.7. The van der Waals surface area contributed by atoms with Gasteiger partial charge in [-0.3, -0.25) is 9.78 Å². The molecule has 0 radical (unpaired) electrons. The molecular formula is C19H16N2O3. The van der Waals surface area contributed by atoms with Gasteiger partial charge >= 0.3 is 0 Å². The number of hydrogen-bond acceptors (Lipinski definition) is 5. The van der Waals surface area contributed by atoms with Crippen molar-refractivity contribution >= 4 is 6.29 Å². The molecule has 0 saturated heterocycles. The van der Waals surface area contributed by atoms with Crippen molar-refractivity contribution in [1.29, 1.82) is 0 Å². The molecule has 0 aliphatic heterocycles. The zero-order valence-corrected chi connectivity index (χ0v) is 13.4. The second kappa shape index (κ2) is 6.91. The average Bonchev–Trinajstić information content (AvgIpc) is 2.67. The van der Waals surface area contributed by atoms with Crippen LogP contribution in [0.15, 0.2) is 54.7 Å². The van der Waals surface area contributed by atoms with Crippen molar-refractivity contribution in [3.05, 3.63) is 60.4 Å². The van der Waals surface area contributed by atoms with Crippen molar-refractivity contribution < 1.29 is 14.3 Å². The molecule has 0 amide bonds. The van der Waals surface area contributed by atoms with Crippen molar-refractivity contribution in [3.63, 3.8) is 0 Å². The molecule has 0 bridgehead atoms. The Morgan fingerprint density at radius 3 is 1.75 bits per heavy atom. The molecule has 0 atom stereocenters. The van der Waals surface area contributed by atoms with Gasteiger partial charge in [0.2, 0.25) is 0 Å². The zero-order valence-electron chi connectivity index (χ0n) is 13.4. The summed E-state index contributed by atoms with van der Waals surface area (Å²) < 4.78 is 10.4. The SMILES string of the molecule is COc1ccc(-c2ncc(C=O)nc2-c2ccc(OC)cc2)cc1. The molecule has 24 heavy (non-hydrogen) atoms. The number of aldehydes is 1. The van der Waals surface area contributed by atoms with E-state index >= 15 is 0 Å². The summed E-state index contributed by atoms with van der Waals surface area (Å²) in [5.41, 5.74) is 3.39. The van der Waals surface area contributed by atoms with Gasteiger partial charge in [-0.1, -0.05) is 0 Å². The highest BCUT2D eigenvalue weighted by Crippen LogP contribution is 2.30. The summed E-state index contributed by atoms with van der Waals surface area (Å²) in [7, 11) is 3.24. The lowest BCUT2D eigenvalue weighted by atomic mass is 10.0. The van der Waals surface area contributed by atoms with E-state index in [1.807, 2.05) is 48.5 Å². The Morgan fingerprint density at radius 2 is 1.29 bits per heavy atom. The van der Waals surface area contributed by atoms with Gasteiger partial charge in [0.05, 0.1) is 31.8 Å². The van der Waals surface area contributed by atoms with Crippen molar-refractivity contribution in [2.24, 2.45) is 0 Å². The fourth-order valence-corrected chi connectivity index (χ4v) is 2.37. The number of ether oxygens (including phenoxy) is 2. The molecule has 0 aliphatic carbocycles. The van der Waals surface area contributed by atoms with Crippen molar-refractivity contribution in [2.75, 3.05) is 14.2 Å². The topological polar surface area (TPSA) is 61.3 Å². The third-order valence-electron chi connectivity index (χ3n) is 3.64. The Bertz CT molecular complexity index is 843. The van der Waals surface area contributed by atoms with Gasteiger partial charge in [0, 0.05) is 11.1 Å². The van der Waals surface area contributed by atoms with Crippen molar-refractivity contribution in [1.82, 2.24) is 9.97 Å². The van der Waals surface area contributed by atoms with Crippen LogP contribution in [0.5, 0.6) is 11.5 Å². The summed E-state index contributed by atoms with van der Waals surface area (Å²) in [6.07, 6.45) is 2.16. The first-order valence-corrected chi connectivity index (χ1v) is 7.36. The molecule has 3 rings (SSSR count). The minimum absolute atomic E-state index is 0.290. The quantitative estimate of drug-likeness (QED) is 0.672. The van der Waals surface area contributed by atoms with Crippen molar-refractivity contribution in [3.8, 4) is 34.0 Å². The van der Waals surface area contributed by atoms with Crippen molar-refractivity contribution in [2.45, 2.75) is 0 Å². The van der Waals surface area contributed by atoms with Gasteiger partial charge in [-0.25, -0.2) is 4.98 Å². The number of aromatic nitrogens is 2. The van der Waals surface area contributed by atoms with E-state index in [0.717, 1.165) is 22.6 Å². The predicted molar refractivity (Wildman–Crippen MR) is 91.4 cm³/mol. The predicted octanol–water partition coefficient (Wildman–Crippen LogP) is 3.64. The van der Waals surface area contributed by atoms with Crippen LogP contribution in [0.4, 0.5) is 0 Å². The Kier molecular flexibility index (Phi) is 4.52. The number of methoxy groups -OCH3 is 2. The summed E-state index contributed by atoms with van der Waals surface area (Å²) in [6.45, 7) is 0. The molecule has 3 aromatic rings. The monoisotopic (exact) mass is 320 g/mol. The van der Waals surface area contributed by atoms with E-state index in [9.17, 15) is 4.79 Å². The van der Waals surface area contributed by atoms with E-state index in [-0.39, 0.29) is 5.69 Å². The number of hydrogen-bond donors (Lipinski definition) is 0. The van der Waals surface area contributed by atoms with Gasteiger partial charge in [0.15, 0.2) is 6.29 Å². The minimum Gasteiger partial charge on any atom is -0.497 e. The Labute approximate surface area is 139 Å². The van der Waals surface area contributed by atoms with Crippen LogP contribution in [0, 0.1) is 0 Å². The molecule has 0 aliphatic rings. The van der Waals surface area contributed by atoms with E-state index in [4.69, 9.17) is 9.47 Å². The first kappa shape index (κ1) is 15.7. The van der Waals surface area contributed by atoms with Crippen LogP contribution in [0.1, 0.15) is 10.5 Å². The summed E-state index contributed by atoms with van der Waals surface area (Å²) >= 11 is 0. The molecule has 0 N–H and O–H groups in total. The summed E-state index contributed by atoms with van der Waals surface area (Å²) in [5, 5.41) is 0. The zero-order chi connectivity index (χ0) is 16.9. The highest BCUT2D eigenvalue weighted by Gasteiger charge is 2.12. The molecule has 1 aromatic heterocycles. The summed E-state index contributed by atoms with van der Waals surface area (Å²) in [6, 6.07) is 15.0. The maximum Gasteiger partial charge on any atom is 0.170 e. The number of benzene rings is 2. The van der Waals surface area contributed by atoms with E-state index < -0.39 is 0 Å². The van der Waals surface area contributed by atoms with Gasteiger partial charge in [-0.05, 0) is 48.5 Å². The molecule has 5 heteroatoms. The molecule has 5 nitrogen and oxygen atoms in total. The highest BCUT2D eigenvalue weighted by atomic mass is 16.5. The van der Waals surface area contributed by atoms with Gasteiger partial charge in [0.25, 0.3) is 0 Å². The Hall–Kier alpha value is -3.21. The van der Waals surface area contributed by atoms with Crippen LogP contribution in [0.3, 0.4) is 0 Å². The molecule has 120 valence electrons. The van der Waals surface area contributed by atoms with Crippen LogP contribution in [0.25, 0.3) is 22.5 Å². The van der Waals surface area contributed by atoms with Crippen LogP contribution < -0.4 is 9.47 Å². The van der Waals surface area contributed by atoms with Crippen LogP contribution >= 0.6 is 0 Å². The normalized spacial score (nSPS) is 10.2. The number of rotatable bonds is 5. The van der Waals surface area contributed by atoms with Crippen LogP contribution in [-0.2, 0) is 0 Å². The van der Waals surface area contributed by atoms with Gasteiger partial charge < -0.3 is 9.47 Å². The lowest BCUT2D eigenvalue weighted by Crippen LogP contribution is -1.98. The maximum absolute atomic E-state index is 11.1. The summed E-state index contributed by atoms with van der Waals surface area (Å²) in [5.74, 6) is 1.52. The van der Waals surface area contributed by atoms with E-state index in [1.165, 1.54) is 6.20 Å². The van der Waals surface area contributed by atoms with E-state index in [2.05, 4.69) is 9.97 Å². The fraction of sp³-hybridized carbons (Fsp3) is 0.105. The standard InChI is InChI=1S/C19H16N2O3/c1-23-16-7-3-13(4-8-16)18-19(21-15(12-22)11-20-18)14-5-9-17(24-2)10-6-14/h3-12H,1-2H3. The molecule has 0 fully saturated rings. The molecule has 0 spiro atoms. The third kappa shape index (κ3) is 3.10. The lowest BCUT2D eigenvalue weighted by molar-refractivity contribution is 0.111. The number of carbonyl (C=O) groups excluding carboxylic acids is 1. The smallest absolute Gasteiger partial charge is 0.170 e. The maximum atomic E-state index is 11.1. The lowest BCUT2D eigenvalue weighted by Gasteiger charge is -2.10. The molecular weight excluding hydrogens is 304 g/mol. The van der Waals surface area contributed by atoms with Crippen LogP contribution in [-0.4, -0.2) is 30.5 Å². The molecule has 0 saturated carbocycles. The second-order valence-electron chi connectivity index (χ2n) is 5.07. The molecule has 2 aromatic carbocycles. The number of carbonyl (C=O) groups is 1. The summed E-state index contributed by atoms with van der Waals surface area (Å²) in [4.78, 5) is 19.9. The largest absolute Gasteiger partial charge is 0.497 e. The molecule has 0 unspecified atom stereocenters. The minimum atomic E-state index is 0.290. The average molecular weight is 320 g/mol. The third-order valence-corrected chi connectivity index (χ3v) is 3.64. The van der Waals surface area contributed by atoms with Crippen LogP contribution in [0.2, 0.25) is 0 Å². The second-order valence-corrected chi connectivity index (χ2v) is 5.07.